The Kier molecular flexibility index (Phi) is 3.56. The summed E-state index contributed by atoms with van der Waals surface area (Å²) in [7, 11) is 0. The first-order valence-corrected chi connectivity index (χ1v) is 4.71. The van der Waals surface area contributed by atoms with Crippen LogP contribution in [0.1, 0.15) is 41.6 Å². The van der Waals surface area contributed by atoms with E-state index in [0.29, 0.717) is 11.4 Å². The summed E-state index contributed by atoms with van der Waals surface area (Å²) in [6.07, 6.45) is 4.36. The first kappa shape index (κ1) is 10.6. The third-order valence-electron chi connectivity index (χ3n) is 1.98. The highest BCUT2D eigenvalue weighted by atomic mass is 16.4. The molecule has 4 nitrogen and oxygen atoms in total. The molecule has 0 bridgehead atoms. The lowest BCUT2D eigenvalue weighted by Gasteiger charge is -2.02. The van der Waals surface area contributed by atoms with Gasteiger partial charge in [-0.2, -0.15) is 0 Å². The molecule has 76 valence electrons. The minimum absolute atomic E-state index is 0.117. The van der Waals surface area contributed by atoms with Gasteiger partial charge in [0.1, 0.15) is 5.82 Å². The summed E-state index contributed by atoms with van der Waals surface area (Å²) in [6.45, 7) is 3.78. The molecule has 0 atom stereocenters. The summed E-state index contributed by atoms with van der Waals surface area (Å²) in [5, 5.41) is 8.83. The van der Waals surface area contributed by atoms with E-state index in [2.05, 4.69) is 16.9 Å². The number of aromatic nitrogens is 2. The van der Waals surface area contributed by atoms with E-state index in [0.717, 1.165) is 19.3 Å². The summed E-state index contributed by atoms with van der Waals surface area (Å²) >= 11 is 0. The Labute approximate surface area is 83.0 Å². The predicted octanol–water partition coefficient (Wildman–Crippen LogP) is 1.83. The van der Waals surface area contributed by atoms with Crippen LogP contribution in [0.2, 0.25) is 0 Å². The van der Waals surface area contributed by atoms with Gasteiger partial charge in [0.05, 0.1) is 0 Å². The van der Waals surface area contributed by atoms with Gasteiger partial charge < -0.3 is 5.11 Å². The zero-order valence-corrected chi connectivity index (χ0v) is 8.45. The third-order valence-corrected chi connectivity index (χ3v) is 1.98. The van der Waals surface area contributed by atoms with Crippen molar-refractivity contribution in [2.24, 2.45) is 0 Å². The number of hydrogen-bond acceptors (Lipinski definition) is 3. The zero-order chi connectivity index (χ0) is 10.6. The average molecular weight is 194 g/mol. The lowest BCUT2D eigenvalue weighted by atomic mass is 10.2. The quantitative estimate of drug-likeness (QED) is 0.794. The first-order valence-electron chi connectivity index (χ1n) is 4.71. The van der Waals surface area contributed by atoms with Crippen molar-refractivity contribution >= 4 is 5.97 Å². The minimum atomic E-state index is -0.984. The molecule has 1 rings (SSSR count). The number of aryl methyl sites for hydroxylation is 2. The van der Waals surface area contributed by atoms with Crippen LogP contribution >= 0.6 is 0 Å². The van der Waals surface area contributed by atoms with Crippen molar-refractivity contribution in [2.75, 3.05) is 0 Å². The van der Waals surface area contributed by atoms with Crippen molar-refractivity contribution in [3.05, 3.63) is 23.3 Å². The monoisotopic (exact) mass is 194 g/mol. The minimum Gasteiger partial charge on any atom is -0.477 e. The summed E-state index contributed by atoms with van der Waals surface area (Å²) in [6, 6.07) is 0. The number of nitrogens with zero attached hydrogens (tertiary/aromatic N) is 2. The molecule has 0 aliphatic carbocycles. The van der Waals surface area contributed by atoms with Crippen molar-refractivity contribution in [1.82, 2.24) is 9.97 Å². The smallest absolute Gasteiger partial charge is 0.354 e. The number of carboxylic acid groups (broad SMARTS) is 1. The summed E-state index contributed by atoms with van der Waals surface area (Å²) in [4.78, 5) is 18.8. The second kappa shape index (κ2) is 4.69. The van der Waals surface area contributed by atoms with E-state index in [1.165, 1.54) is 0 Å². The van der Waals surface area contributed by atoms with Crippen LogP contribution in [-0.2, 0) is 6.42 Å². The average Bonchev–Trinajstić information content (AvgIpc) is 2.16. The van der Waals surface area contributed by atoms with Gasteiger partial charge in [-0.05, 0) is 13.3 Å². The maximum Gasteiger partial charge on any atom is 0.354 e. The molecule has 0 aliphatic rings. The van der Waals surface area contributed by atoms with Crippen LogP contribution in [0.15, 0.2) is 6.20 Å². The van der Waals surface area contributed by atoms with E-state index in [1.54, 1.807) is 13.1 Å². The SMILES string of the molecule is CCCCc1ncc(C)c(C(=O)O)n1. The van der Waals surface area contributed by atoms with Crippen molar-refractivity contribution in [3.63, 3.8) is 0 Å². The molecule has 0 radical (unpaired) electrons. The van der Waals surface area contributed by atoms with Crippen LogP contribution in [-0.4, -0.2) is 21.0 Å². The Hall–Kier alpha value is -1.45. The zero-order valence-electron chi connectivity index (χ0n) is 8.45. The van der Waals surface area contributed by atoms with Gasteiger partial charge in [0, 0.05) is 18.2 Å². The van der Waals surface area contributed by atoms with Gasteiger partial charge in [-0.1, -0.05) is 13.3 Å². The molecule has 1 aromatic rings. The maximum absolute atomic E-state index is 10.8. The maximum atomic E-state index is 10.8. The molecule has 0 aliphatic heterocycles. The molecular formula is C10H14N2O2. The number of hydrogen-bond donors (Lipinski definition) is 1. The highest BCUT2D eigenvalue weighted by Crippen LogP contribution is 2.05. The molecule has 0 fully saturated rings. The molecule has 0 saturated heterocycles. The van der Waals surface area contributed by atoms with Gasteiger partial charge in [-0.15, -0.1) is 0 Å². The summed E-state index contributed by atoms with van der Waals surface area (Å²) in [5.41, 5.74) is 0.726. The molecule has 0 saturated carbocycles. The Morgan fingerprint density at radius 2 is 2.29 bits per heavy atom. The number of carboxylic acids is 1. The van der Waals surface area contributed by atoms with Crippen LogP contribution in [0, 0.1) is 6.92 Å². The lowest BCUT2D eigenvalue weighted by Crippen LogP contribution is -2.07. The second-order valence-electron chi connectivity index (χ2n) is 3.23. The number of rotatable bonds is 4. The topological polar surface area (TPSA) is 63.1 Å². The third kappa shape index (κ3) is 2.52. The molecule has 0 amide bonds. The van der Waals surface area contributed by atoms with Crippen LogP contribution in [0.5, 0.6) is 0 Å². The molecule has 14 heavy (non-hydrogen) atoms. The second-order valence-corrected chi connectivity index (χ2v) is 3.23. The number of carbonyl (C=O) groups is 1. The molecule has 0 unspecified atom stereocenters. The van der Waals surface area contributed by atoms with Gasteiger partial charge >= 0.3 is 5.97 Å². The van der Waals surface area contributed by atoms with Gasteiger partial charge in [-0.3, -0.25) is 0 Å². The van der Waals surface area contributed by atoms with E-state index >= 15 is 0 Å². The molecule has 0 spiro atoms. The normalized spacial score (nSPS) is 10.1. The Balaban J connectivity index is 2.89. The fraction of sp³-hybridized carbons (Fsp3) is 0.500. The van der Waals surface area contributed by atoms with Crippen LogP contribution in [0.4, 0.5) is 0 Å². The highest BCUT2D eigenvalue weighted by molar-refractivity contribution is 5.86. The van der Waals surface area contributed by atoms with Crippen molar-refractivity contribution in [1.29, 1.82) is 0 Å². The lowest BCUT2D eigenvalue weighted by molar-refractivity contribution is 0.0689. The Morgan fingerprint density at radius 1 is 1.57 bits per heavy atom. The van der Waals surface area contributed by atoms with Crippen LogP contribution in [0.3, 0.4) is 0 Å². The molecule has 1 heterocycles. The summed E-state index contributed by atoms with van der Waals surface area (Å²) in [5.74, 6) is -0.363. The first-order chi connectivity index (χ1) is 6.65. The van der Waals surface area contributed by atoms with Gasteiger partial charge in [-0.25, -0.2) is 14.8 Å². The van der Waals surface area contributed by atoms with Crippen LogP contribution in [0.25, 0.3) is 0 Å². The van der Waals surface area contributed by atoms with Gasteiger partial charge in [0.25, 0.3) is 0 Å². The number of unbranched alkanes of at least 4 members (excludes halogenated alkanes) is 1. The Bertz CT molecular complexity index is 337. The molecule has 0 aromatic carbocycles. The highest BCUT2D eigenvalue weighted by Gasteiger charge is 2.10. The van der Waals surface area contributed by atoms with Gasteiger partial charge in [0.2, 0.25) is 0 Å². The van der Waals surface area contributed by atoms with Crippen molar-refractivity contribution in [3.8, 4) is 0 Å². The van der Waals surface area contributed by atoms with E-state index < -0.39 is 5.97 Å². The number of aromatic carboxylic acids is 1. The fourth-order valence-electron chi connectivity index (χ4n) is 1.15. The van der Waals surface area contributed by atoms with E-state index in [4.69, 9.17) is 5.11 Å². The van der Waals surface area contributed by atoms with E-state index in [9.17, 15) is 4.79 Å². The van der Waals surface area contributed by atoms with Crippen molar-refractivity contribution in [2.45, 2.75) is 33.1 Å². The molecule has 4 heteroatoms. The molecule has 1 N–H and O–H groups in total. The predicted molar refractivity (Wildman–Crippen MR) is 52.3 cm³/mol. The van der Waals surface area contributed by atoms with E-state index in [-0.39, 0.29) is 5.69 Å². The Morgan fingerprint density at radius 3 is 2.86 bits per heavy atom. The van der Waals surface area contributed by atoms with Gasteiger partial charge in [0.15, 0.2) is 5.69 Å². The standard InChI is InChI=1S/C10H14N2O2/c1-3-4-5-8-11-6-7(2)9(12-8)10(13)14/h6H,3-5H2,1-2H3,(H,13,14). The fourth-order valence-corrected chi connectivity index (χ4v) is 1.15. The van der Waals surface area contributed by atoms with Crippen LogP contribution < -0.4 is 0 Å². The summed E-state index contributed by atoms with van der Waals surface area (Å²) < 4.78 is 0. The van der Waals surface area contributed by atoms with E-state index in [1.807, 2.05) is 0 Å². The molecule has 1 aromatic heterocycles. The molecular weight excluding hydrogens is 180 g/mol. The van der Waals surface area contributed by atoms with Crippen molar-refractivity contribution < 1.29 is 9.90 Å². The largest absolute Gasteiger partial charge is 0.477 e.